The average molecular weight is 248 g/mol. The number of rotatable bonds is 2. The van der Waals surface area contributed by atoms with E-state index in [9.17, 15) is 19.7 Å². The van der Waals surface area contributed by atoms with Gasteiger partial charge in [-0.3, -0.25) is 19.7 Å². The van der Waals surface area contributed by atoms with Crippen LogP contribution in [0.4, 0.5) is 11.5 Å². The zero-order chi connectivity index (χ0) is 13.3. The number of anilines is 1. The lowest BCUT2D eigenvalue weighted by molar-refractivity contribution is -0.386. The zero-order valence-corrected chi connectivity index (χ0v) is 9.26. The van der Waals surface area contributed by atoms with E-state index >= 15 is 0 Å². The Morgan fingerprint density at radius 1 is 1.50 bits per heavy atom. The van der Waals surface area contributed by atoms with E-state index in [1.807, 2.05) is 0 Å². The van der Waals surface area contributed by atoms with E-state index in [0.717, 1.165) is 6.07 Å². The van der Waals surface area contributed by atoms with Gasteiger partial charge in [0.25, 0.3) is 0 Å². The summed E-state index contributed by atoms with van der Waals surface area (Å²) in [4.78, 5) is 38.3. The molecule has 2 aromatic rings. The first-order chi connectivity index (χ1) is 8.47. The van der Waals surface area contributed by atoms with E-state index in [1.165, 1.54) is 19.1 Å². The van der Waals surface area contributed by atoms with Crippen LogP contribution in [-0.2, 0) is 4.79 Å². The Bertz CT molecular complexity index is 707. The maximum atomic E-state index is 11.4. The Labute approximate surface area is 99.8 Å². The highest BCUT2D eigenvalue weighted by atomic mass is 16.6. The molecule has 92 valence electrons. The van der Waals surface area contributed by atoms with Crippen molar-refractivity contribution in [3.8, 4) is 0 Å². The average Bonchev–Trinajstić information content (AvgIpc) is 2.26. The van der Waals surface area contributed by atoms with Crippen molar-refractivity contribution in [1.29, 1.82) is 0 Å². The fraction of sp³-hybridized carbons (Fsp3) is 0.100. The van der Waals surface area contributed by atoms with E-state index < -0.39 is 16.2 Å². The predicted octanol–water partition coefficient (Wildman–Crippen LogP) is 0.790. The third kappa shape index (κ3) is 2.17. The van der Waals surface area contributed by atoms with Gasteiger partial charge >= 0.3 is 11.2 Å². The number of carbonyl (C=O) groups excluding carboxylic acids is 1. The number of aromatic nitrogens is 2. The first-order valence-corrected chi connectivity index (χ1v) is 4.93. The van der Waals surface area contributed by atoms with Crippen molar-refractivity contribution in [1.82, 2.24) is 9.97 Å². The first-order valence-electron chi connectivity index (χ1n) is 4.93. The van der Waals surface area contributed by atoms with Crippen molar-refractivity contribution < 1.29 is 9.72 Å². The summed E-state index contributed by atoms with van der Waals surface area (Å²) in [7, 11) is 0. The van der Waals surface area contributed by atoms with Gasteiger partial charge in [-0.25, -0.2) is 4.98 Å². The topological polar surface area (TPSA) is 118 Å². The maximum Gasteiger partial charge on any atom is 0.334 e. The molecule has 0 aliphatic carbocycles. The predicted molar refractivity (Wildman–Crippen MR) is 63.3 cm³/mol. The Morgan fingerprint density at radius 2 is 2.22 bits per heavy atom. The zero-order valence-electron chi connectivity index (χ0n) is 9.26. The Morgan fingerprint density at radius 3 is 2.83 bits per heavy atom. The number of nitrogens with one attached hydrogen (secondary N) is 2. The van der Waals surface area contributed by atoms with Crippen molar-refractivity contribution >= 4 is 28.4 Å². The van der Waals surface area contributed by atoms with Gasteiger partial charge in [0, 0.05) is 18.4 Å². The van der Waals surface area contributed by atoms with Gasteiger partial charge in [0.1, 0.15) is 11.5 Å². The molecule has 1 amide bonds. The molecule has 0 radical (unpaired) electrons. The molecule has 0 aromatic carbocycles. The number of nitrogens with zero attached hydrogens (tertiary/aromatic N) is 2. The summed E-state index contributed by atoms with van der Waals surface area (Å²) < 4.78 is 0. The van der Waals surface area contributed by atoms with Gasteiger partial charge in [-0.1, -0.05) is 0 Å². The van der Waals surface area contributed by atoms with Crippen LogP contribution in [0.2, 0.25) is 0 Å². The standard InChI is InChI=1S/C10H8N4O4/c1-5(15)11-8-3-2-6-4-7(14(17)18)10(16)13-9(6)12-8/h2-4H,1H3,(H2,11,12,13,15,16). The normalized spacial score (nSPS) is 10.3. The van der Waals surface area contributed by atoms with Crippen molar-refractivity contribution in [3.63, 3.8) is 0 Å². The summed E-state index contributed by atoms with van der Waals surface area (Å²) in [6, 6.07) is 4.15. The molecule has 8 heteroatoms. The minimum absolute atomic E-state index is 0.178. The third-order valence-electron chi connectivity index (χ3n) is 2.18. The van der Waals surface area contributed by atoms with E-state index in [-0.39, 0.29) is 17.4 Å². The molecule has 0 aliphatic rings. The summed E-state index contributed by atoms with van der Waals surface area (Å²) in [6.45, 7) is 1.32. The number of amides is 1. The second kappa shape index (κ2) is 4.24. The first kappa shape index (κ1) is 11.7. The molecule has 0 bridgehead atoms. The lowest BCUT2D eigenvalue weighted by Crippen LogP contribution is -2.13. The van der Waals surface area contributed by atoms with Crippen LogP contribution in [0.15, 0.2) is 23.0 Å². The molecule has 0 spiro atoms. The van der Waals surface area contributed by atoms with Gasteiger partial charge in [-0.05, 0) is 12.1 Å². The van der Waals surface area contributed by atoms with E-state index in [4.69, 9.17) is 0 Å². The van der Waals surface area contributed by atoms with Gasteiger partial charge in [0.2, 0.25) is 5.91 Å². The van der Waals surface area contributed by atoms with Crippen LogP contribution in [0, 0.1) is 10.1 Å². The summed E-state index contributed by atoms with van der Waals surface area (Å²) in [6.07, 6.45) is 0. The molecule has 0 fully saturated rings. The summed E-state index contributed by atoms with van der Waals surface area (Å²) in [5.41, 5.74) is -1.20. The molecule has 0 unspecified atom stereocenters. The highest BCUT2D eigenvalue weighted by Crippen LogP contribution is 2.15. The molecule has 2 heterocycles. The minimum Gasteiger partial charge on any atom is -0.311 e. The molecule has 18 heavy (non-hydrogen) atoms. The highest BCUT2D eigenvalue weighted by Gasteiger charge is 2.13. The number of pyridine rings is 2. The smallest absolute Gasteiger partial charge is 0.311 e. The van der Waals surface area contributed by atoms with Crippen LogP contribution in [0.3, 0.4) is 0 Å². The number of carbonyl (C=O) groups is 1. The summed E-state index contributed by atoms with van der Waals surface area (Å²) >= 11 is 0. The Kier molecular flexibility index (Phi) is 2.76. The van der Waals surface area contributed by atoms with Gasteiger partial charge in [-0.15, -0.1) is 0 Å². The monoisotopic (exact) mass is 248 g/mol. The molecule has 0 saturated carbocycles. The van der Waals surface area contributed by atoms with E-state index in [0.29, 0.717) is 5.39 Å². The quantitative estimate of drug-likeness (QED) is 0.601. The number of hydrogen-bond acceptors (Lipinski definition) is 5. The van der Waals surface area contributed by atoms with E-state index in [2.05, 4.69) is 15.3 Å². The van der Waals surface area contributed by atoms with E-state index in [1.54, 1.807) is 0 Å². The molecular weight excluding hydrogens is 240 g/mol. The molecule has 8 nitrogen and oxygen atoms in total. The van der Waals surface area contributed by atoms with Crippen LogP contribution >= 0.6 is 0 Å². The molecule has 0 saturated heterocycles. The number of fused-ring (bicyclic) bond motifs is 1. The maximum absolute atomic E-state index is 11.4. The van der Waals surface area contributed by atoms with Crippen molar-refractivity contribution in [2.45, 2.75) is 6.92 Å². The van der Waals surface area contributed by atoms with Crippen LogP contribution in [0.5, 0.6) is 0 Å². The Balaban J connectivity index is 2.59. The molecule has 0 atom stereocenters. The van der Waals surface area contributed by atoms with Crippen LogP contribution in [0.25, 0.3) is 11.0 Å². The molecule has 2 rings (SSSR count). The lowest BCUT2D eigenvalue weighted by atomic mass is 10.2. The van der Waals surface area contributed by atoms with Crippen molar-refractivity contribution in [2.75, 3.05) is 5.32 Å². The molecule has 2 N–H and O–H groups in total. The SMILES string of the molecule is CC(=O)Nc1ccc2cc([N+](=O)[O-])c(=O)[nH]c2n1. The van der Waals surface area contributed by atoms with Crippen LogP contribution in [-0.4, -0.2) is 20.8 Å². The number of nitro groups is 1. The fourth-order valence-electron chi connectivity index (χ4n) is 1.46. The van der Waals surface area contributed by atoms with Gasteiger partial charge < -0.3 is 10.3 Å². The number of H-pyrrole nitrogens is 1. The van der Waals surface area contributed by atoms with Gasteiger partial charge in [0.15, 0.2) is 0 Å². The van der Waals surface area contributed by atoms with Crippen molar-refractivity contribution in [3.05, 3.63) is 38.7 Å². The Hall–Kier alpha value is -2.77. The molecule has 2 aromatic heterocycles. The number of aromatic amines is 1. The summed E-state index contributed by atoms with van der Waals surface area (Å²) in [5.74, 6) is -0.0365. The van der Waals surface area contributed by atoms with Crippen LogP contribution in [0.1, 0.15) is 6.92 Å². The number of hydrogen-bond donors (Lipinski definition) is 2. The second-order valence-electron chi connectivity index (χ2n) is 3.56. The molecule has 0 aliphatic heterocycles. The van der Waals surface area contributed by atoms with Gasteiger partial charge in [0.05, 0.1) is 4.92 Å². The summed E-state index contributed by atoms with van der Waals surface area (Å²) in [5, 5.41) is 13.4. The van der Waals surface area contributed by atoms with Crippen LogP contribution < -0.4 is 10.9 Å². The minimum atomic E-state index is -0.833. The highest BCUT2D eigenvalue weighted by molar-refractivity contribution is 5.89. The fourth-order valence-corrected chi connectivity index (χ4v) is 1.46. The van der Waals surface area contributed by atoms with Gasteiger partial charge in [-0.2, -0.15) is 0 Å². The second-order valence-corrected chi connectivity index (χ2v) is 3.56. The van der Waals surface area contributed by atoms with Crippen molar-refractivity contribution in [2.24, 2.45) is 0 Å². The molecular formula is C10H8N4O4. The largest absolute Gasteiger partial charge is 0.334 e. The lowest BCUT2D eigenvalue weighted by Gasteiger charge is -2.02. The third-order valence-corrected chi connectivity index (χ3v) is 2.18.